The van der Waals surface area contributed by atoms with Crippen LogP contribution in [-0.2, 0) is 9.84 Å². The molecule has 3 nitrogen and oxygen atoms in total. The van der Waals surface area contributed by atoms with Crippen LogP contribution in [0.25, 0.3) is 0 Å². The molecule has 0 amide bonds. The number of rotatable bonds is 0. The summed E-state index contributed by atoms with van der Waals surface area (Å²) in [6.07, 6.45) is 3.42. The van der Waals surface area contributed by atoms with Gasteiger partial charge in [0.25, 0.3) is 0 Å². The summed E-state index contributed by atoms with van der Waals surface area (Å²) >= 11 is 0. The minimum Gasteiger partial charge on any atom is -0.389 e. The highest BCUT2D eigenvalue weighted by atomic mass is 32.2. The van der Waals surface area contributed by atoms with Gasteiger partial charge < -0.3 is 5.11 Å². The molecule has 74 valence electrons. The molecule has 4 aliphatic rings. The quantitative estimate of drug-likeness (QED) is 0.616. The zero-order valence-electron chi connectivity index (χ0n) is 7.44. The Morgan fingerprint density at radius 2 is 1.85 bits per heavy atom. The highest BCUT2D eigenvalue weighted by molar-refractivity contribution is 7.92. The third kappa shape index (κ3) is 0.773. The molecule has 2 atom stereocenters. The third-order valence-corrected chi connectivity index (χ3v) is 6.57. The fourth-order valence-corrected chi connectivity index (χ4v) is 6.33. The van der Waals surface area contributed by atoms with E-state index in [1.165, 1.54) is 0 Å². The summed E-state index contributed by atoms with van der Waals surface area (Å²) in [5, 5.41) is 10.0. The molecule has 0 aromatic carbocycles. The molecule has 13 heavy (non-hydrogen) atoms. The largest absolute Gasteiger partial charge is 0.389 e. The molecule has 1 N–H and O–H groups in total. The lowest BCUT2D eigenvalue weighted by Crippen LogP contribution is -2.74. The van der Waals surface area contributed by atoms with E-state index in [4.69, 9.17) is 0 Å². The van der Waals surface area contributed by atoms with E-state index in [1.54, 1.807) is 0 Å². The average Bonchev–Trinajstić information content (AvgIpc) is 2.12. The van der Waals surface area contributed by atoms with Crippen LogP contribution in [0.1, 0.15) is 25.7 Å². The summed E-state index contributed by atoms with van der Waals surface area (Å²) in [6.45, 7) is 0. The number of hydrogen-bond donors (Lipinski definition) is 1. The standard InChI is InChI=1S/C9H14O3S/c10-9-4-5-13(11,12)8-6(9)2-1-3-7(8)9/h6-8,10H,1-5H2. The third-order valence-electron chi connectivity index (χ3n) is 4.31. The maximum Gasteiger partial charge on any atom is 0.154 e. The minimum absolute atomic E-state index is 0.0741. The van der Waals surface area contributed by atoms with Gasteiger partial charge in [0.05, 0.1) is 16.6 Å². The first-order chi connectivity index (χ1) is 6.06. The molecule has 2 aliphatic carbocycles. The van der Waals surface area contributed by atoms with Gasteiger partial charge in [-0.1, -0.05) is 6.42 Å². The molecule has 0 aromatic heterocycles. The normalized spacial score (nSPS) is 56.8. The maximum absolute atomic E-state index is 11.7. The van der Waals surface area contributed by atoms with Crippen molar-refractivity contribution < 1.29 is 13.5 Å². The van der Waals surface area contributed by atoms with E-state index in [0.717, 1.165) is 19.3 Å². The van der Waals surface area contributed by atoms with Gasteiger partial charge in [0.15, 0.2) is 9.84 Å². The zero-order chi connectivity index (χ0) is 9.27. The van der Waals surface area contributed by atoms with Crippen molar-refractivity contribution in [3.8, 4) is 0 Å². The van der Waals surface area contributed by atoms with Crippen LogP contribution in [0.4, 0.5) is 0 Å². The minimum atomic E-state index is -2.85. The van der Waals surface area contributed by atoms with Crippen LogP contribution in [0, 0.1) is 11.8 Å². The molecule has 4 fully saturated rings. The van der Waals surface area contributed by atoms with Crippen molar-refractivity contribution in [1.82, 2.24) is 0 Å². The van der Waals surface area contributed by atoms with Crippen molar-refractivity contribution in [3.05, 3.63) is 0 Å². The smallest absolute Gasteiger partial charge is 0.154 e. The van der Waals surface area contributed by atoms with Crippen LogP contribution in [0.5, 0.6) is 0 Å². The van der Waals surface area contributed by atoms with Crippen molar-refractivity contribution >= 4 is 9.84 Å². The van der Waals surface area contributed by atoms with Crippen molar-refractivity contribution in [2.24, 2.45) is 11.8 Å². The molecule has 4 bridgehead atoms. The first-order valence-corrected chi connectivity index (χ1v) is 6.71. The highest BCUT2D eigenvalue weighted by Crippen LogP contribution is 2.61. The molecular weight excluding hydrogens is 188 g/mol. The Morgan fingerprint density at radius 1 is 1.23 bits per heavy atom. The molecule has 0 radical (unpaired) electrons. The van der Waals surface area contributed by atoms with Crippen LogP contribution >= 0.6 is 0 Å². The fourth-order valence-electron chi connectivity index (χ4n) is 3.71. The number of sulfone groups is 1. The van der Waals surface area contributed by atoms with Crippen molar-refractivity contribution in [2.45, 2.75) is 36.5 Å². The van der Waals surface area contributed by atoms with Gasteiger partial charge in [-0.3, -0.25) is 0 Å². The number of aliphatic hydroxyl groups is 1. The zero-order valence-corrected chi connectivity index (χ0v) is 8.26. The predicted molar refractivity (Wildman–Crippen MR) is 48.0 cm³/mol. The maximum atomic E-state index is 11.7. The second-order valence-corrected chi connectivity index (χ2v) is 7.00. The summed E-state index contributed by atoms with van der Waals surface area (Å²) in [4.78, 5) is 0. The second kappa shape index (κ2) is 2.11. The summed E-state index contributed by atoms with van der Waals surface area (Å²) in [5.41, 5.74) is -0.589. The summed E-state index contributed by atoms with van der Waals surface area (Å²) in [7, 11) is -2.85. The first-order valence-electron chi connectivity index (χ1n) is 5.00. The highest BCUT2D eigenvalue weighted by Gasteiger charge is 2.69. The number of fused-ring (bicyclic) bond motifs is 2. The van der Waals surface area contributed by atoms with E-state index >= 15 is 0 Å². The Kier molecular flexibility index (Phi) is 1.34. The fraction of sp³-hybridized carbons (Fsp3) is 1.00. The van der Waals surface area contributed by atoms with Gasteiger partial charge in [0.1, 0.15) is 0 Å². The second-order valence-electron chi connectivity index (χ2n) is 4.72. The van der Waals surface area contributed by atoms with Crippen LogP contribution in [-0.4, -0.2) is 30.1 Å². The molecule has 2 heterocycles. The van der Waals surface area contributed by atoms with Crippen molar-refractivity contribution in [2.75, 3.05) is 5.75 Å². The molecule has 4 rings (SSSR count). The van der Waals surface area contributed by atoms with Gasteiger partial charge in [-0.25, -0.2) is 8.42 Å². The lowest BCUT2D eigenvalue weighted by molar-refractivity contribution is -0.179. The van der Waals surface area contributed by atoms with E-state index in [9.17, 15) is 13.5 Å². The Hall–Kier alpha value is -0.0900. The SMILES string of the molecule is O=S1(=O)CCC2(O)C3CCCC2C31. The molecule has 2 saturated carbocycles. The lowest BCUT2D eigenvalue weighted by Gasteiger charge is -2.64. The molecule has 2 saturated heterocycles. The molecule has 0 spiro atoms. The Balaban J connectivity index is 2.06. The summed E-state index contributed by atoms with van der Waals surface area (Å²) < 4.78 is 23.3. The number of hydrogen-bond acceptors (Lipinski definition) is 3. The van der Waals surface area contributed by atoms with Gasteiger partial charge >= 0.3 is 0 Å². The molecule has 2 unspecified atom stereocenters. The Morgan fingerprint density at radius 3 is 2.38 bits per heavy atom. The topological polar surface area (TPSA) is 54.4 Å². The average molecular weight is 202 g/mol. The van der Waals surface area contributed by atoms with E-state index in [-0.39, 0.29) is 22.8 Å². The van der Waals surface area contributed by atoms with Crippen molar-refractivity contribution in [3.63, 3.8) is 0 Å². The van der Waals surface area contributed by atoms with E-state index in [2.05, 4.69) is 0 Å². The van der Waals surface area contributed by atoms with E-state index in [1.807, 2.05) is 0 Å². The first kappa shape index (κ1) is 8.24. The van der Waals surface area contributed by atoms with Gasteiger partial charge in [0.2, 0.25) is 0 Å². The predicted octanol–water partition coefficient (Wildman–Crippen LogP) is 0.335. The van der Waals surface area contributed by atoms with Gasteiger partial charge in [0, 0.05) is 11.8 Å². The van der Waals surface area contributed by atoms with Crippen molar-refractivity contribution in [1.29, 1.82) is 0 Å². The monoisotopic (exact) mass is 202 g/mol. The molecule has 2 aliphatic heterocycles. The van der Waals surface area contributed by atoms with Gasteiger partial charge in [-0.2, -0.15) is 0 Å². The van der Waals surface area contributed by atoms with E-state index < -0.39 is 15.4 Å². The molecule has 4 heteroatoms. The molecule has 0 aromatic rings. The van der Waals surface area contributed by atoms with Gasteiger partial charge in [-0.15, -0.1) is 0 Å². The molecular formula is C9H14O3S. The summed E-state index contributed by atoms with van der Waals surface area (Å²) in [6, 6.07) is 0. The Labute approximate surface area is 78.1 Å². The Bertz CT molecular complexity index is 334. The van der Waals surface area contributed by atoms with E-state index in [0.29, 0.717) is 6.42 Å². The van der Waals surface area contributed by atoms with Gasteiger partial charge in [-0.05, 0) is 19.3 Å². The van der Waals surface area contributed by atoms with Crippen LogP contribution < -0.4 is 0 Å². The summed E-state index contributed by atoms with van der Waals surface area (Å²) in [5.74, 6) is 0.358. The van der Waals surface area contributed by atoms with Crippen LogP contribution in [0.3, 0.4) is 0 Å². The lowest BCUT2D eigenvalue weighted by atomic mass is 9.52. The van der Waals surface area contributed by atoms with Crippen LogP contribution in [0.2, 0.25) is 0 Å². The van der Waals surface area contributed by atoms with Crippen LogP contribution in [0.15, 0.2) is 0 Å².